The molecule has 0 aromatic rings. The third-order valence-electron chi connectivity index (χ3n) is 4.44. The van der Waals surface area contributed by atoms with Crippen molar-refractivity contribution < 1.29 is 0 Å². The minimum Gasteiger partial charge on any atom is -0.330 e. The lowest BCUT2D eigenvalue weighted by Crippen LogP contribution is -2.34. The van der Waals surface area contributed by atoms with Crippen LogP contribution < -0.4 is 11.1 Å². The molecule has 16 heavy (non-hydrogen) atoms. The molecule has 2 atom stereocenters. The summed E-state index contributed by atoms with van der Waals surface area (Å²) >= 11 is 0. The first-order chi connectivity index (χ1) is 7.90. The Balaban J connectivity index is 1.52. The van der Waals surface area contributed by atoms with Crippen LogP contribution >= 0.6 is 0 Å². The monoisotopic (exact) mass is 224 g/mol. The number of nitrogens with one attached hydrogen (secondary N) is 1. The lowest BCUT2D eigenvalue weighted by molar-refractivity contribution is 0.236. The molecule has 0 amide bonds. The van der Waals surface area contributed by atoms with Gasteiger partial charge in [-0.25, -0.2) is 0 Å². The molecular weight excluding hydrogens is 196 g/mol. The van der Waals surface area contributed by atoms with Crippen LogP contribution in [-0.2, 0) is 0 Å². The quantitative estimate of drug-likeness (QED) is 0.652. The summed E-state index contributed by atoms with van der Waals surface area (Å²) in [5, 5.41) is 3.65. The zero-order valence-corrected chi connectivity index (χ0v) is 10.6. The lowest BCUT2D eigenvalue weighted by Gasteiger charge is -2.30. The first-order valence-electron chi connectivity index (χ1n) is 7.31. The fourth-order valence-corrected chi connectivity index (χ4v) is 3.07. The Labute approximate surface area is 100 Å². The summed E-state index contributed by atoms with van der Waals surface area (Å²) in [5.74, 6) is 2.75. The number of hydrogen-bond donors (Lipinski definition) is 2. The van der Waals surface area contributed by atoms with Gasteiger partial charge < -0.3 is 11.1 Å². The third kappa shape index (κ3) is 4.06. The molecule has 2 unspecified atom stereocenters. The first-order valence-corrected chi connectivity index (χ1v) is 7.31. The fraction of sp³-hybridized carbons (Fsp3) is 1.00. The van der Waals surface area contributed by atoms with Gasteiger partial charge in [-0.1, -0.05) is 25.7 Å². The molecule has 2 fully saturated rings. The second-order valence-corrected chi connectivity index (χ2v) is 5.83. The summed E-state index contributed by atoms with van der Waals surface area (Å²) in [5.41, 5.74) is 5.84. The van der Waals surface area contributed by atoms with Gasteiger partial charge in [0.15, 0.2) is 0 Å². The van der Waals surface area contributed by atoms with E-state index in [1.54, 1.807) is 0 Å². The maximum atomic E-state index is 5.84. The van der Waals surface area contributed by atoms with Crippen molar-refractivity contribution in [1.82, 2.24) is 5.32 Å². The maximum absolute atomic E-state index is 5.84. The van der Waals surface area contributed by atoms with Crippen molar-refractivity contribution in [3.05, 3.63) is 0 Å². The Morgan fingerprint density at radius 2 is 1.75 bits per heavy atom. The van der Waals surface area contributed by atoms with Gasteiger partial charge in [-0.3, -0.25) is 0 Å². The molecule has 0 aromatic carbocycles. The van der Waals surface area contributed by atoms with Crippen LogP contribution in [0.2, 0.25) is 0 Å². The van der Waals surface area contributed by atoms with E-state index >= 15 is 0 Å². The van der Waals surface area contributed by atoms with Gasteiger partial charge in [0.25, 0.3) is 0 Å². The van der Waals surface area contributed by atoms with Crippen molar-refractivity contribution in [3.63, 3.8) is 0 Å². The molecule has 3 N–H and O–H groups in total. The molecule has 0 aromatic heterocycles. The van der Waals surface area contributed by atoms with E-state index in [2.05, 4.69) is 5.32 Å². The normalized spacial score (nSPS) is 30.6. The zero-order chi connectivity index (χ0) is 11.2. The molecular formula is C14H28N2. The van der Waals surface area contributed by atoms with Gasteiger partial charge in [-0.05, 0) is 63.1 Å². The van der Waals surface area contributed by atoms with Crippen LogP contribution in [0, 0.1) is 17.8 Å². The highest BCUT2D eigenvalue weighted by Crippen LogP contribution is 2.33. The molecule has 2 saturated carbocycles. The van der Waals surface area contributed by atoms with Gasteiger partial charge in [-0.15, -0.1) is 0 Å². The molecule has 2 heteroatoms. The Hall–Kier alpha value is -0.0800. The van der Waals surface area contributed by atoms with Crippen LogP contribution in [0.3, 0.4) is 0 Å². The van der Waals surface area contributed by atoms with Gasteiger partial charge in [0.2, 0.25) is 0 Å². The molecule has 0 heterocycles. The van der Waals surface area contributed by atoms with E-state index < -0.39 is 0 Å². The number of rotatable bonds is 7. The van der Waals surface area contributed by atoms with Crippen LogP contribution in [0.5, 0.6) is 0 Å². The van der Waals surface area contributed by atoms with Gasteiger partial charge in [0.1, 0.15) is 0 Å². The molecule has 0 aliphatic heterocycles. The Kier molecular flexibility index (Phi) is 5.11. The lowest BCUT2D eigenvalue weighted by atomic mass is 9.79. The molecule has 2 aliphatic rings. The summed E-state index contributed by atoms with van der Waals surface area (Å²) in [4.78, 5) is 0. The van der Waals surface area contributed by atoms with Gasteiger partial charge in [-0.2, -0.15) is 0 Å². The van der Waals surface area contributed by atoms with Crippen molar-refractivity contribution in [2.45, 2.75) is 51.4 Å². The van der Waals surface area contributed by atoms with Gasteiger partial charge in [0.05, 0.1) is 0 Å². The molecule has 0 spiro atoms. The highest BCUT2D eigenvalue weighted by atomic mass is 14.9. The van der Waals surface area contributed by atoms with Crippen LogP contribution in [-0.4, -0.2) is 19.6 Å². The highest BCUT2D eigenvalue weighted by Gasteiger charge is 2.23. The standard InChI is InChI=1S/C14H28N2/c15-10-13-5-1-2-6-14(13)11-16-9-3-4-12-7-8-12/h12-14,16H,1-11,15H2. The van der Waals surface area contributed by atoms with E-state index in [0.29, 0.717) is 0 Å². The average Bonchev–Trinajstić information content (AvgIpc) is 3.13. The van der Waals surface area contributed by atoms with Crippen molar-refractivity contribution in [3.8, 4) is 0 Å². The van der Waals surface area contributed by atoms with Crippen molar-refractivity contribution >= 4 is 0 Å². The van der Waals surface area contributed by atoms with Crippen molar-refractivity contribution in [2.24, 2.45) is 23.5 Å². The first kappa shape index (κ1) is 12.4. The Bertz CT molecular complexity index is 189. The third-order valence-corrected chi connectivity index (χ3v) is 4.44. The van der Waals surface area contributed by atoms with E-state index in [9.17, 15) is 0 Å². The Morgan fingerprint density at radius 3 is 2.44 bits per heavy atom. The molecule has 0 bridgehead atoms. The predicted octanol–water partition coefficient (Wildman–Crippen LogP) is 2.53. The van der Waals surface area contributed by atoms with Crippen LogP contribution in [0.4, 0.5) is 0 Å². The second kappa shape index (κ2) is 6.61. The van der Waals surface area contributed by atoms with Gasteiger partial charge >= 0.3 is 0 Å². The summed E-state index contributed by atoms with van der Waals surface area (Å²) in [6, 6.07) is 0. The summed E-state index contributed by atoms with van der Waals surface area (Å²) in [6.45, 7) is 3.34. The van der Waals surface area contributed by atoms with E-state index in [-0.39, 0.29) is 0 Å². The fourth-order valence-electron chi connectivity index (χ4n) is 3.07. The predicted molar refractivity (Wildman–Crippen MR) is 69.3 cm³/mol. The molecule has 2 nitrogen and oxygen atoms in total. The second-order valence-electron chi connectivity index (χ2n) is 5.83. The summed E-state index contributed by atoms with van der Waals surface area (Å²) in [7, 11) is 0. The largest absolute Gasteiger partial charge is 0.330 e. The number of nitrogens with two attached hydrogens (primary N) is 1. The molecule has 94 valence electrons. The summed E-state index contributed by atoms with van der Waals surface area (Å²) < 4.78 is 0. The average molecular weight is 224 g/mol. The minimum atomic E-state index is 0.796. The van der Waals surface area contributed by atoms with E-state index in [0.717, 1.165) is 24.3 Å². The number of hydrogen-bond acceptors (Lipinski definition) is 2. The SMILES string of the molecule is NCC1CCCCC1CNCCCC1CC1. The molecule has 0 radical (unpaired) electrons. The maximum Gasteiger partial charge on any atom is -0.00174 e. The highest BCUT2D eigenvalue weighted by molar-refractivity contribution is 4.78. The topological polar surface area (TPSA) is 38.0 Å². The Morgan fingerprint density at radius 1 is 1.00 bits per heavy atom. The molecule has 2 rings (SSSR count). The summed E-state index contributed by atoms with van der Waals surface area (Å²) in [6.07, 6.45) is 11.4. The van der Waals surface area contributed by atoms with E-state index in [1.807, 2.05) is 0 Å². The zero-order valence-electron chi connectivity index (χ0n) is 10.6. The van der Waals surface area contributed by atoms with E-state index in [4.69, 9.17) is 5.73 Å². The van der Waals surface area contributed by atoms with Crippen molar-refractivity contribution in [1.29, 1.82) is 0 Å². The van der Waals surface area contributed by atoms with Crippen molar-refractivity contribution in [2.75, 3.05) is 19.6 Å². The molecule has 0 saturated heterocycles. The van der Waals surface area contributed by atoms with Gasteiger partial charge in [0, 0.05) is 0 Å². The smallest absolute Gasteiger partial charge is 0.00174 e. The van der Waals surface area contributed by atoms with E-state index in [1.165, 1.54) is 64.5 Å². The molecule has 2 aliphatic carbocycles. The van der Waals surface area contributed by atoms with Crippen LogP contribution in [0.25, 0.3) is 0 Å². The van der Waals surface area contributed by atoms with Crippen LogP contribution in [0.15, 0.2) is 0 Å². The van der Waals surface area contributed by atoms with Crippen LogP contribution in [0.1, 0.15) is 51.4 Å². The minimum absolute atomic E-state index is 0.796.